The molecule has 1 aromatic carbocycles. The van der Waals surface area contributed by atoms with Gasteiger partial charge in [-0.15, -0.1) is 11.3 Å². The zero-order valence-electron chi connectivity index (χ0n) is 14.5. The lowest BCUT2D eigenvalue weighted by Gasteiger charge is -2.22. The van der Waals surface area contributed by atoms with Crippen molar-refractivity contribution in [3.05, 3.63) is 50.9 Å². The maximum atomic E-state index is 12.7. The summed E-state index contributed by atoms with van der Waals surface area (Å²) in [7, 11) is 0. The molecule has 134 valence electrons. The number of para-hydroxylation sites is 1. The molecule has 0 saturated carbocycles. The van der Waals surface area contributed by atoms with Crippen LogP contribution in [0.15, 0.2) is 34.8 Å². The van der Waals surface area contributed by atoms with Crippen LogP contribution in [0.25, 0.3) is 10.2 Å². The third-order valence-corrected chi connectivity index (χ3v) is 6.90. The number of pyridine rings is 1. The molecule has 4 nitrogen and oxygen atoms in total. The SMILES string of the molecule is CCC1CCc2nc3sc(C(=O)Nc4ccccc4Br)c(N)c3cc2C1. The smallest absolute Gasteiger partial charge is 0.267 e. The van der Waals surface area contributed by atoms with Crippen LogP contribution in [0.1, 0.15) is 40.7 Å². The highest BCUT2D eigenvalue weighted by molar-refractivity contribution is 9.10. The molecule has 0 bridgehead atoms. The van der Waals surface area contributed by atoms with Crippen LogP contribution >= 0.6 is 27.3 Å². The molecule has 1 amide bonds. The Bertz CT molecular complexity index is 998. The van der Waals surface area contributed by atoms with Crippen LogP contribution < -0.4 is 11.1 Å². The van der Waals surface area contributed by atoms with Crippen LogP contribution in [-0.2, 0) is 12.8 Å². The third-order valence-electron chi connectivity index (χ3n) is 5.09. The number of nitrogen functional groups attached to an aromatic ring is 1. The highest BCUT2D eigenvalue weighted by atomic mass is 79.9. The van der Waals surface area contributed by atoms with Gasteiger partial charge < -0.3 is 11.1 Å². The van der Waals surface area contributed by atoms with Crippen LogP contribution in [0.4, 0.5) is 11.4 Å². The van der Waals surface area contributed by atoms with Crippen molar-refractivity contribution in [3.8, 4) is 0 Å². The summed E-state index contributed by atoms with van der Waals surface area (Å²) in [6.07, 6.45) is 4.46. The van der Waals surface area contributed by atoms with E-state index >= 15 is 0 Å². The van der Waals surface area contributed by atoms with E-state index in [0.29, 0.717) is 10.6 Å². The van der Waals surface area contributed by atoms with Crippen molar-refractivity contribution in [2.75, 3.05) is 11.1 Å². The Labute approximate surface area is 164 Å². The normalized spacial score (nSPS) is 16.5. The number of fused-ring (bicyclic) bond motifs is 2. The van der Waals surface area contributed by atoms with Crippen LogP contribution in [0, 0.1) is 5.92 Å². The molecule has 2 heterocycles. The van der Waals surface area contributed by atoms with Gasteiger partial charge in [0.15, 0.2) is 0 Å². The largest absolute Gasteiger partial charge is 0.397 e. The van der Waals surface area contributed by atoms with Crippen LogP contribution in [0.5, 0.6) is 0 Å². The average molecular weight is 430 g/mol. The van der Waals surface area contributed by atoms with Gasteiger partial charge in [-0.05, 0) is 64.9 Å². The van der Waals surface area contributed by atoms with E-state index in [9.17, 15) is 4.79 Å². The van der Waals surface area contributed by atoms with E-state index in [1.54, 1.807) is 0 Å². The Morgan fingerprint density at radius 2 is 2.23 bits per heavy atom. The van der Waals surface area contributed by atoms with Gasteiger partial charge in [0.1, 0.15) is 9.71 Å². The zero-order valence-corrected chi connectivity index (χ0v) is 16.9. The number of aryl methyl sites for hydroxylation is 1. The highest BCUT2D eigenvalue weighted by Gasteiger charge is 2.23. The number of aromatic nitrogens is 1. The number of hydrogen-bond donors (Lipinski definition) is 2. The summed E-state index contributed by atoms with van der Waals surface area (Å²) < 4.78 is 0.840. The fraction of sp³-hybridized carbons (Fsp3) is 0.300. The van der Waals surface area contributed by atoms with Crippen molar-refractivity contribution in [1.29, 1.82) is 0 Å². The Morgan fingerprint density at radius 1 is 1.42 bits per heavy atom. The fourth-order valence-corrected chi connectivity index (χ4v) is 4.90. The number of nitrogens with zero attached hydrogens (tertiary/aromatic N) is 1. The molecule has 0 fully saturated rings. The number of carbonyl (C=O) groups excluding carboxylic acids is 1. The first-order valence-corrected chi connectivity index (χ1v) is 10.4. The van der Waals surface area contributed by atoms with E-state index in [1.807, 2.05) is 24.3 Å². The van der Waals surface area contributed by atoms with E-state index < -0.39 is 0 Å². The summed E-state index contributed by atoms with van der Waals surface area (Å²) >= 11 is 4.83. The monoisotopic (exact) mass is 429 g/mol. The van der Waals surface area contributed by atoms with Gasteiger partial charge in [-0.25, -0.2) is 4.98 Å². The van der Waals surface area contributed by atoms with E-state index in [4.69, 9.17) is 10.7 Å². The minimum atomic E-state index is -0.193. The number of rotatable bonds is 3. The number of nitrogens with one attached hydrogen (secondary N) is 1. The minimum absolute atomic E-state index is 0.193. The summed E-state index contributed by atoms with van der Waals surface area (Å²) in [5.41, 5.74) is 10.0. The molecule has 1 atom stereocenters. The number of nitrogens with two attached hydrogens (primary N) is 1. The van der Waals surface area contributed by atoms with Gasteiger partial charge in [0.25, 0.3) is 5.91 Å². The van der Waals surface area contributed by atoms with Gasteiger partial charge in [-0.3, -0.25) is 4.79 Å². The van der Waals surface area contributed by atoms with E-state index in [1.165, 1.54) is 35.4 Å². The van der Waals surface area contributed by atoms with Gasteiger partial charge in [-0.2, -0.15) is 0 Å². The Kier molecular flexibility index (Phi) is 4.71. The first kappa shape index (κ1) is 17.5. The molecule has 1 aliphatic carbocycles. The predicted molar refractivity (Wildman–Crippen MR) is 112 cm³/mol. The molecule has 0 aliphatic heterocycles. The van der Waals surface area contributed by atoms with Crippen LogP contribution in [0.3, 0.4) is 0 Å². The topological polar surface area (TPSA) is 68.0 Å². The highest BCUT2D eigenvalue weighted by Crippen LogP contribution is 2.37. The standard InChI is InChI=1S/C20H20BrN3OS/c1-2-11-7-8-15-12(9-11)10-13-17(22)18(26-20(13)24-15)19(25)23-16-6-4-3-5-14(16)21/h3-6,10-11H,2,7-9,22H2,1H3,(H,23,25). The van der Waals surface area contributed by atoms with Gasteiger partial charge in [-0.1, -0.05) is 25.5 Å². The molecule has 3 aromatic rings. The molecule has 4 rings (SSSR count). The van der Waals surface area contributed by atoms with Gasteiger partial charge in [0, 0.05) is 15.6 Å². The third kappa shape index (κ3) is 3.12. The van der Waals surface area contributed by atoms with Gasteiger partial charge in [0.05, 0.1) is 11.4 Å². The lowest BCUT2D eigenvalue weighted by atomic mass is 9.85. The number of hydrogen-bond acceptors (Lipinski definition) is 4. The Morgan fingerprint density at radius 3 is 3.00 bits per heavy atom. The second kappa shape index (κ2) is 7.00. The summed E-state index contributed by atoms with van der Waals surface area (Å²) in [5, 5.41) is 3.84. The van der Waals surface area contributed by atoms with E-state index in [2.05, 4.69) is 34.2 Å². The molecule has 1 unspecified atom stereocenters. The molecule has 2 aromatic heterocycles. The average Bonchev–Trinajstić information content (AvgIpc) is 2.97. The van der Waals surface area contributed by atoms with E-state index in [-0.39, 0.29) is 5.91 Å². The first-order chi connectivity index (χ1) is 12.6. The second-order valence-corrected chi connectivity index (χ2v) is 8.60. The molecular weight excluding hydrogens is 410 g/mol. The molecule has 0 radical (unpaired) electrons. The summed E-state index contributed by atoms with van der Waals surface area (Å²) in [4.78, 5) is 19.0. The lowest BCUT2D eigenvalue weighted by Crippen LogP contribution is -2.14. The van der Waals surface area contributed by atoms with Crippen molar-refractivity contribution in [3.63, 3.8) is 0 Å². The van der Waals surface area contributed by atoms with E-state index in [0.717, 1.165) is 39.1 Å². The zero-order chi connectivity index (χ0) is 18.3. The number of anilines is 2. The quantitative estimate of drug-likeness (QED) is 0.584. The first-order valence-electron chi connectivity index (χ1n) is 8.83. The maximum Gasteiger partial charge on any atom is 0.267 e. The molecule has 26 heavy (non-hydrogen) atoms. The fourth-order valence-electron chi connectivity index (χ4n) is 3.52. The number of amides is 1. The lowest BCUT2D eigenvalue weighted by molar-refractivity contribution is 0.103. The predicted octanol–water partition coefficient (Wildman–Crippen LogP) is 5.41. The van der Waals surface area contributed by atoms with Crippen molar-refractivity contribution in [1.82, 2.24) is 4.98 Å². The van der Waals surface area contributed by atoms with Crippen LogP contribution in [-0.4, -0.2) is 10.9 Å². The van der Waals surface area contributed by atoms with Gasteiger partial charge >= 0.3 is 0 Å². The number of halogens is 1. The Hall–Kier alpha value is -1.92. The second-order valence-electron chi connectivity index (χ2n) is 6.74. The molecule has 0 saturated heterocycles. The molecule has 1 aliphatic rings. The maximum absolute atomic E-state index is 12.7. The number of carbonyl (C=O) groups is 1. The number of thiophene rings is 1. The summed E-state index contributed by atoms with van der Waals surface area (Å²) in [6.45, 7) is 2.24. The minimum Gasteiger partial charge on any atom is -0.397 e. The van der Waals surface area contributed by atoms with Crippen molar-refractivity contribution in [2.24, 2.45) is 5.92 Å². The van der Waals surface area contributed by atoms with Crippen molar-refractivity contribution in [2.45, 2.75) is 32.6 Å². The molecule has 3 N–H and O–H groups in total. The summed E-state index contributed by atoms with van der Waals surface area (Å²) in [6, 6.07) is 9.69. The molecule has 6 heteroatoms. The molecular formula is C20H20BrN3OS. The Balaban J connectivity index is 1.69. The molecule has 0 spiro atoms. The number of benzene rings is 1. The van der Waals surface area contributed by atoms with Crippen molar-refractivity contribution < 1.29 is 4.79 Å². The van der Waals surface area contributed by atoms with Crippen molar-refractivity contribution >= 4 is 54.8 Å². The summed E-state index contributed by atoms with van der Waals surface area (Å²) in [5.74, 6) is 0.529. The van der Waals surface area contributed by atoms with Gasteiger partial charge in [0.2, 0.25) is 0 Å². The van der Waals surface area contributed by atoms with Crippen LogP contribution in [0.2, 0.25) is 0 Å².